The summed E-state index contributed by atoms with van der Waals surface area (Å²) in [6, 6.07) is 10.3. The topological polar surface area (TPSA) is 66.9 Å². The predicted molar refractivity (Wildman–Crippen MR) is 56.8 cm³/mol. The fourth-order valence-electron chi connectivity index (χ4n) is 1.17. The fraction of sp³-hybridized carbons (Fsp3) is 0. The van der Waals surface area contributed by atoms with Gasteiger partial charge in [-0.1, -0.05) is 18.2 Å². The third-order valence-electron chi connectivity index (χ3n) is 1.87. The van der Waals surface area contributed by atoms with E-state index in [1.807, 2.05) is 18.2 Å². The lowest BCUT2D eigenvalue weighted by Gasteiger charge is -2.06. The van der Waals surface area contributed by atoms with Crippen LogP contribution >= 0.6 is 0 Å². The highest BCUT2D eigenvalue weighted by Gasteiger charge is 1.98. The number of aromatic amines is 1. The highest BCUT2D eigenvalue weighted by molar-refractivity contribution is 5.41. The number of hydrogen-bond donors (Lipinski definition) is 2. The third kappa shape index (κ3) is 1.96. The van der Waals surface area contributed by atoms with Crippen molar-refractivity contribution in [2.75, 3.05) is 5.43 Å². The SMILES string of the molecule is O=c1cc[nH]c(=O)n1Nc1ccccc1. The molecule has 2 N–H and O–H groups in total. The second-order valence-electron chi connectivity index (χ2n) is 2.93. The highest BCUT2D eigenvalue weighted by atomic mass is 16.2. The summed E-state index contributed by atoms with van der Waals surface area (Å²) in [6.45, 7) is 0. The second-order valence-corrected chi connectivity index (χ2v) is 2.93. The number of rotatable bonds is 2. The van der Waals surface area contributed by atoms with Crippen LogP contribution in [0.2, 0.25) is 0 Å². The molecule has 0 amide bonds. The standard InChI is InChI=1S/C10H9N3O2/c14-9-6-7-11-10(15)13(9)12-8-4-2-1-3-5-8/h1-7,12H,(H,11,15). The van der Waals surface area contributed by atoms with E-state index in [1.165, 1.54) is 12.3 Å². The van der Waals surface area contributed by atoms with Gasteiger partial charge >= 0.3 is 5.69 Å². The lowest BCUT2D eigenvalue weighted by Crippen LogP contribution is -2.38. The minimum atomic E-state index is -0.494. The quantitative estimate of drug-likeness (QED) is 0.743. The van der Waals surface area contributed by atoms with Crippen molar-refractivity contribution in [1.29, 1.82) is 0 Å². The van der Waals surface area contributed by atoms with E-state index in [1.54, 1.807) is 12.1 Å². The van der Waals surface area contributed by atoms with Crippen molar-refractivity contribution < 1.29 is 0 Å². The van der Waals surface area contributed by atoms with Gasteiger partial charge in [-0.05, 0) is 12.1 Å². The lowest BCUT2D eigenvalue weighted by atomic mass is 10.3. The number of nitrogens with one attached hydrogen (secondary N) is 2. The van der Waals surface area contributed by atoms with Gasteiger partial charge in [-0.3, -0.25) is 10.2 Å². The minimum Gasteiger partial charge on any atom is -0.312 e. The van der Waals surface area contributed by atoms with Crippen molar-refractivity contribution in [3.8, 4) is 0 Å². The molecule has 15 heavy (non-hydrogen) atoms. The van der Waals surface area contributed by atoms with Gasteiger partial charge in [0, 0.05) is 12.3 Å². The van der Waals surface area contributed by atoms with Crippen LogP contribution in [0, 0.1) is 0 Å². The Bertz CT molecular complexity index is 528. The zero-order valence-corrected chi connectivity index (χ0v) is 7.81. The molecule has 0 aliphatic carbocycles. The van der Waals surface area contributed by atoms with Gasteiger partial charge in [0.25, 0.3) is 5.56 Å². The van der Waals surface area contributed by atoms with E-state index in [4.69, 9.17) is 0 Å². The molecule has 0 aliphatic rings. The number of benzene rings is 1. The monoisotopic (exact) mass is 203 g/mol. The van der Waals surface area contributed by atoms with Gasteiger partial charge in [0.05, 0.1) is 5.69 Å². The number of para-hydroxylation sites is 1. The summed E-state index contributed by atoms with van der Waals surface area (Å²) in [4.78, 5) is 25.0. The Morgan fingerprint density at radius 2 is 1.80 bits per heavy atom. The maximum atomic E-state index is 11.3. The molecule has 0 atom stereocenters. The van der Waals surface area contributed by atoms with Crippen molar-refractivity contribution in [3.05, 3.63) is 63.4 Å². The molecule has 0 spiro atoms. The Kier molecular flexibility index (Phi) is 2.37. The maximum absolute atomic E-state index is 11.3. The molecule has 76 valence electrons. The smallest absolute Gasteiger partial charge is 0.312 e. The second kappa shape index (κ2) is 3.83. The summed E-state index contributed by atoms with van der Waals surface area (Å²) in [6.07, 6.45) is 1.31. The van der Waals surface area contributed by atoms with Gasteiger partial charge in [0.2, 0.25) is 0 Å². The van der Waals surface area contributed by atoms with Crippen LogP contribution in [0.15, 0.2) is 52.2 Å². The van der Waals surface area contributed by atoms with E-state index in [9.17, 15) is 9.59 Å². The number of aromatic nitrogens is 2. The van der Waals surface area contributed by atoms with E-state index in [0.717, 1.165) is 4.68 Å². The van der Waals surface area contributed by atoms with E-state index >= 15 is 0 Å². The molecule has 0 fully saturated rings. The predicted octanol–water partition coefficient (Wildman–Crippen LogP) is 0.412. The number of anilines is 1. The van der Waals surface area contributed by atoms with Crippen LogP contribution in [0.3, 0.4) is 0 Å². The van der Waals surface area contributed by atoms with E-state index in [-0.39, 0.29) is 0 Å². The van der Waals surface area contributed by atoms with Gasteiger partial charge in [0.15, 0.2) is 0 Å². The van der Waals surface area contributed by atoms with Crippen molar-refractivity contribution in [2.45, 2.75) is 0 Å². The van der Waals surface area contributed by atoms with E-state index in [0.29, 0.717) is 5.69 Å². The van der Waals surface area contributed by atoms with Crippen LogP contribution in [0.25, 0.3) is 0 Å². The van der Waals surface area contributed by atoms with Crippen molar-refractivity contribution in [3.63, 3.8) is 0 Å². The molecular formula is C10H9N3O2. The molecule has 0 saturated carbocycles. The van der Waals surface area contributed by atoms with Gasteiger partial charge < -0.3 is 4.98 Å². The molecule has 0 unspecified atom stereocenters. The maximum Gasteiger partial charge on any atom is 0.347 e. The Morgan fingerprint density at radius 3 is 2.47 bits per heavy atom. The van der Waals surface area contributed by atoms with Crippen LogP contribution in [-0.2, 0) is 0 Å². The molecule has 1 aromatic carbocycles. The zero-order chi connectivity index (χ0) is 10.7. The first-order valence-corrected chi connectivity index (χ1v) is 4.40. The average Bonchev–Trinajstić information content (AvgIpc) is 2.25. The fourth-order valence-corrected chi connectivity index (χ4v) is 1.17. The molecular weight excluding hydrogens is 194 g/mol. The van der Waals surface area contributed by atoms with Crippen molar-refractivity contribution in [1.82, 2.24) is 9.66 Å². The molecule has 1 aromatic heterocycles. The van der Waals surface area contributed by atoms with Crippen molar-refractivity contribution in [2.24, 2.45) is 0 Å². The summed E-state index contributed by atoms with van der Waals surface area (Å²) in [5, 5.41) is 0. The number of H-pyrrole nitrogens is 1. The first kappa shape index (κ1) is 9.26. The van der Waals surface area contributed by atoms with Gasteiger partial charge in [-0.25, -0.2) is 4.79 Å². The van der Waals surface area contributed by atoms with Gasteiger partial charge in [-0.2, -0.15) is 4.68 Å². The van der Waals surface area contributed by atoms with Gasteiger partial charge in [0.1, 0.15) is 0 Å². The molecule has 5 heteroatoms. The van der Waals surface area contributed by atoms with Crippen LogP contribution in [-0.4, -0.2) is 9.66 Å². The molecule has 0 bridgehead atoms. The first-order valence-electron chi connectivity index (χ1n) is 4.40. The largest absolute Gasteiger partial charge is 0.347 e. The summed E-state index contributed by atoms with van der Waals surface area (Å²) in [5.41, 5.74) is 2.48. The Labute approximate surface area is 85.0 Å². The van der Waals surface area contributed by atoms with Crippen LogP contribution < -0.4 is 16.7 Å². The summed E-state index contributed by atoms with van der Waals surface area (Å²) in [7, 11) is 0. The molecule has 2 rings (SSSR count). The Morgan fingerprint density at radius 1 is 1.07 bits per heavy atom. The molecule has 1 heterocycles. The normalized spacial score (nSPS) is 9.87. The van der Waals surface area contributed by atoms with E-state index in [2.05, 4.69) is 10.4 Å². The van der Waals surface area contributed by atoms with Gasteiger partial charge in [-0.15, -0.1) is 0 Å². The molecule has 0 saturated heterocycles. The highest BCUT2D eigenvalue weighted by Crippen LogP contribution is 2.02. The lowest BCUT2D eigenvalue weighted by molar-refractivity contribution is 0.808. The average molecular weight is 203 g/mol. The van der Waals surface area contributed by atoms with Crippen molar-refractivity contribution >= 4 is 5.69 Å². The molecule has 5 nitrogen and oxygen atoms in total. The van der Waals surface area contributed by atoms with E-state index < -0.39 is 11.2 Å². The zero-order valence-electron chi connectivity index (χ0n) is 7.81. The summed E-state index contributed by atoms with van der Waals surface area (Å²) < 4.78 is 0.912. The molecule has 2 aromatic rings. The van der Waals surface area contributed by atoms with Crippen LogP contribution in [0.5, 0.6) is 0 Å². The summed E-state index contributed by atoms with van der Waals surface area (Å²) >= 11 is 0. The third-order valence-corrected chi connectivity index (χ3v) is 1.87. The summed E-state index contributed by atoms with van der Waals surface area (Å²) in [5.74, 6) is 0. The van der Waals surface area contributed by atoms with Crippen LogP contribution in [0.4, 0.5) is 5.69 Å². The van der Waals surface area contributed by atoms with Crippen LogP contribution in [0.1, 0.15) is 0 Å². The number of nitrogens with zero attached hydrogens (tertiary/aromatic N) is 1. The Balaban J connectivity index is 2.41. The molecule has 0 radical (unpaired) electrons. The minimum absolute atomic E-state index is 0.400. The molecule has 0 aliphatic heterocycles. The first-order chi connectivity index (χ1) is 7.27. The Hall–Kier alpha value is -2.30. The number of hydrogen-bond acceptors (Lipinski definition) is 3.